The Morgan fingerprint density at radius 3 is 2.88 bits per heavy atom. The van der Waals surface area contributed by atoms with Crippen molar-refractivity contribution in [3.8, 4) is 0 Å². The highest BCUT2D eigenvalue weighted by molar-refractivity contribution is 5.11. The molecule has 3 N–H and O–H groups in total. The summed E-state index contributed by atoms with van der Waals surface area (Å²) in [5, 5.41) is 8.37. The molecule has 0 aliphatic carbocycles. The van der Waals surface area contributed by atoms with Crippen LogP contribution < -0.4 is 5.73 Å². The Bertz CT molecular complexity index is 172. The highest BCUT2D eigenvalue weighted by Crippen LogP contribution is 2.00. The van der Waals surface area contributed by atoms with Crippen molar-refractivity contribution in [1.82, 2.24) is 4.98 Å². The van der Waals surface area contributed by atoms with E-state index in [2.05, 4.69) is 9.40 Å². The fourth-order valence-electron chi connectivity index (χ4n) is 0.395. The minimum Gasteiger partial charge on any atom is -0.432 e. The molecule has 0 atom stereocenters. The molecule has 0 radical (unpaired) electrons. The van der Waals surface area contributed by atoms with Crippen LogP contribution in [0.5, 0.6) is 0 Å². The highest BCUT2D eigenvalue weighted by atomic mass is 16.4. The smallest absolute Gasteiger partial charge is 0.292 e. The summed E-state index contributed by atoms with van der Waals surface area (Å²) in [5.41, 5.74) is 5.53. The summed E-state index contributed by atoms with van der Waals surface area (Å²) in [6.07, 6.45) is 1.31. The number of anilines is 1. The molecule has 4 nitrogen and oxygen atoms in total. The predicted molar refractivity (Wildman–Crippen MR) is 26.8 cm³/mol. The van der Waals surface area contributed by atoms with Crippen LogP contribution in [0.1, 0.15) is 5.69 Å². The Hall–Kier alpha value is -1.03. The maximum atomic E-state index is 8.37. The fourth-order valence-corrected chi connectivity index (χ4v) is 0.395. The lowest BCUT2D eigenvalue weighted by Gasteiger charge is -1.76. The topological polar surface area (TPSA) is 72.3 Å². The SMILES string of the molecule is Nc1nc(CO)co1. The first-order valence-corrected chi connectivity index (χ1v) is 2.13. The fraction of sp³-hybridized carbons (Fsp3) is 0.250. The third kappa shape index (κ3) is 0.788. The second kappa shape index (κ2) is 1.83. The molecule has 4 heteroatoms. The van der Waals surface area contributed by atoms with E-state index in [0.717, 1.165) is 0 Å². The number of hydrogen-bond acceptors (Lipinski definition) is 4. The molecule has 0 fully saturated rings. The number of rotatable bonds is 1. The number of nitrogens with zero attached hydrogens (tertiary/aromatic N) is 1. The first-order valence-electron chi connectivity index (χ1n) is 2.13. The van der Waals surface area contributed by atoms with Gasteiger partial charge in [-0.15, -0.1) is 0 Å². The molecule has 0 bridgehead atoms. The van der Waals surface area contributed by atoms with E-state index in [9.17, 15) is 0 Å². The Kier molecular flexibility index (Phi) is 1.17. The molecular formula is C4H6N2O2. The maximum absolute atomic E-state index is 8.37. The average molecular weight is 114 g/mol. The highest BCUT2D eigenvalue weighted by Gasteiger charge is 1.94. The van der Waals surface area contributed by atoms with E-state index in [0.29, 0.717) is 5.69 Å². The van der Waals surface area contributed by atoms with Crippen LogP contribution in [-0.4, -0.2) is 10.1 Å². The van der Waals surface area contributed by atoms with E-state index in [4.69, 9.17) is 10.8 Å². The van der Waals surface area contributed by atoms with Crippen molar-refractivity contribution in [1.29, 1.82) is 0 Å². The van der Waals surface area contributed by atoms with Gasteiger partial charge < -0.3 is 15.3 Å². The van der Waals surface area contributed by atoms with Crippen LogP contribution in [-0.2, 0) is 6.61 Å². The summed E-state index contributed by atoms with van der Waals surface area (Å²) in [6, 6.07) is 0.0917. The monoisotopic (exact) mass is 114 g/mol. The van der Waals surface area contributed by atoms with E-state index in [1.807, 2.05) is 0 Å². The molecular weight excluding hydrogens is 108 g/mol. The van der Waals surface area contributed by atoms with Crippen LogP contribution in [0.4, 0.5) is 6.01 Å². The number of aliphatic hydroxyl groups excluding tert-OH is 1. The van der Waals surface area contributed by atoms with E-state index in [1.54, 1.807) is 0 Å². The molecule has 0 aliphatic heterocycles. The zero-order chi connectivity index (χ0) is 5.98. The van der Waals surface area contributed by atoms with Crippen molar-refractivity contribution in [2.45, 2.75) is 6.61 Å². The maximum Gasteiger partial charge on any atom is 0.292 e. The molecule has 0 unspecified atom stereocenters. The molecule has 44 valence electrons. The van der Waals surface area contributed by atoms with E-state index < -0.39 is 0 Å². The standard InChI is InChI=1S/C4H6N2O2/c5-4-6-3(1-7)2-8-4/h2,7H,1H2,(H2,5,6). The second-order valence-electron chi connectivity index (χ2n) is 1.34. The van der Waals surface area contributed by atoms with Crippen molar-refractivity contribution in [3.05, 3.63) is 12.0 Å². The van der Waals surface area contributed by atoms with Gasteiger partial charge in [0.05, 0.1) is 6.61 Å². The van der Waals surface area contributed by atoms with E-state index in [1.165, 1.54) is 6.26 Å². The Morgan fingerprint density at radius 1 is 1.88 bits per heavy atom. The lowest BCUT2D eigenvalue weighted by molar-refractivity contribution is 0.276. The zero-order valence-corrected chi connectivity index (χ0v) is 4.16. The molecule has 1 aromatic heterocycles. The summed E-state index contributed by atoms with van der Waals surface area (Å²) in [5.74, 6) is 0. The summed E-state index contributed by atoms with van der Waals surface area (Å²) in [6.45, 7) is -0.124. The second-order valence-corrected chi connectivity index (χ2v) is 1.34. The van der Waals surface area contributed by atoms with Crippen LogP contribution in [0, 0.1) is 0 Å². The molecule has 0 saturated heterocycles. The van der Waals surface area contributed by atoms with Gasteiger partial charge in [0.15, 0.2) is 0 Å². The Morgan fingerprint density at radius 2 is 2.62 bits per heavy atom. The number of aliphatic hydroxyl groups is 1. The minimum atomic E-state index is -0.124. The lowest BCUT2D eigenvalue weighted by Crippen LogP contribution is -1.85. The number of nitrogen functional groups attached to an aromatic ring is 1. The summed E-state index contributed by atoms with van der Waals surface area (Å²) in [4.78, 5) is 3.59. The van der Waals surface area contributed by atoms with Gasteiger partial charge in [-0.25, -0.2) is 0 Å². The lowest BCUT2D eigenvalue weighted by atomic mass is 10.5. The van der Waals surface area contributed by atoms with Gasteiger partial charge in [0.1, 0.15) is 12.0 Å². The van der Waals surface area contributed by atoms with Crippen molar-refractivity contribution in [2.75, 3.05) is 5.73 Å². The third-order valence-corrected chi connectivity index (χ3v) is 0.732. The van der Waals surface area contributed by atoms with Crippen LogP contribution in [0.15, 0.2) is 10.7 Å². The Balaban J connectivity index is 2.84. The quantitative estimate of drug-likeness (QED) is 0.528. The van der Waals surface area contributed by atoms with Crippen molar-refractivity contribution < 1.29 is 9.52 Å². The molecule has 0 aromatic carbocycles. The molecule has 0 aliphatic rings. The third-order valence-electron chi connectivity index (χ3n) is 0.732. The molecule has 1 aromatic rings. The van der Waals surface area contributed by atoms with Gasteiger partial charge in [-0.3, -0.25) is 0 Å². The molecule has 1 heterocycles. The molecule has 1 rings (SSSR count). The van der Waals surface area contributed by atoms with Crippen LogP contribution >= 0.6 is 0 Å². The van der Waals surface area contributed by atoms with Crippen LogP contribution in [0.3, 0.4) is 0 Å². The summed E-state index contributed by atoms with van der Waals surface area (Å²) in [7, 11) is 0. The summed E-state index contributed by atoms with van der Waals surface area (Å²) >= 11 is 0. The van der Waals surface area contributed by atoms with Crippen molar-refractivity contribution in [2.24, 2.45) is 0 Å². The van der Waals surface area contributed by atoms with Crippen molar-refractivity contribution in [3.63, 3.8) is 0 Å². The first kappa shape index (κ1) is 5.11. The van der Waals surface area contributed by atoms with E-state index in [-0.39, 0.29) is 12.6 Å². The van der Waals surface area contributed by atoms with Crippen LogP contribution in [0.25, 0.3) is 0 Å². The van der Waals surface area contributed by atoms with Gasteiger partial charge in [0, 0.05) is 0 Å². The predicted octanol–water partition coefficient (Wildman–Crippen LogP) is -0.251. The summed E-state index contributed by atoms with van der Waals surface area (Å²) < 4.78 is 4.56. The normalized spacial score (nSPS) is 9.62. The van der Waals surface area contributed by atoms with Gasteiger partial charge in [-0.1, -0.05) is 0 Å². The first-order chi connectivity index (χ1) is 3.83. The van der Waals surface area contributed by atoms with Crippen molar-refractivity contribution >= 4 is 6.01 Å². The molecule has 0 amide bonds. The largest absolute Gasteiger partial charge is 0.432 e. The zero-order valence-electron chi connectivity index (χ0n) is 4.16. The Labute approximate surface area is 45.9 Å². The van der Waals surface area contributed by atoms with Gasteiger partial charge in [0.2, 0.25) is 0 Å². The number of oxazole rings is 1. The average Bonchev–Trinajstić information content (AvgIpc) is 2.14. The van der Waals surface area contributed by atoms with Crippen LogP contribution in [0.2, 0.25) is 0 Å². The minimum absolute atomic E-state index is 0.0917. The van der Waals surface area contributed by atoms with Gasteiger partial charge in [0.25, 0.3) is 6.01 Å². The van der Waals surface area contributed by atoms with Gasteiger partial charge in [-0.2, -0.15) is 4.98 Å². The number of hydrogen-bond donors (Lipinski definition) is 2. The van der Waals surface area contributed by atoms with Gasteiger partial charge in [-0.05, 0) is 0 Å². The number of nitrogens with two attached hydrogens (primary N) is 1. The number of aromatic nitrogens is 1. The molecule has 8 heavy (non-hydrogen) atoms. The van der Waals surface area contributed by atoms with Gasteiger partial charge >= 0.3 is 0 Å². The molecule has 0 spiro atoms. The van der Waals surface area contributed by atoms with E-state index >= 15 is 0 Å². The molecule has 0 saturated carbocycles.